The maximum Gasteiger partial charge on any atom is 0.270 e. The highest BCUT2D eigenvalue weighted by atomic mass is 32.2. The van der Waals surface area contributed by atoms with E-state index in [2.05, 4.69) is 5.32 Å². The first-order valence-corrected chi connectivity index (χ1v) is 8.48. The van der Waals surface area contributed by atoms with Gasteiger partial charge < -0.3 is 5.32 Å². The van der Waals surface area contributed by atoms with Crippen LogP contribution >= 0.6 is 24.0 Å². The molecule has 2 aromatic carbocycles. The van der Waals surface area contributed by atoms with Crippen molar-refractivity contribution in [3.8, 4) is 0 Å². The van der Waals surface area contributed by atoms with Gasteiger partial charge in [0.05, 0.1) is 10.6 Å². The summed E-state index contributed by atoms with van der Waals surface area (Å²) in [4.78, 5) is 25.8. The second-order valence-corrected chi connectivity index (χ2v) is 6.83. The average Bonchev–Trinajstić information content (AvgIpc) is 2.83. The van der Waals surface area contributed by atoms with Crippen LogP contribution in [0, 0.1) is 0 Å². The zero-order valence-electron chi connectivity index (χ0n) is 12.9. The molecule has 3 rings (SSSR count). The summed E-state index contributed by atoms with van der Waals surface area (Å²) in [7, 11) is 0. The molecule has 0 atom stereocenters. The second-order valence-electron chi connectivity index (χ2n) is 5.16. The van der Waals surface area contributed by atoms with Gasteiger partial charge in [-0.1, -0.05) is 54.3 Å². The van der Waals surface area contributed by atoms with Crippen molar-refractivity contribution < 1.29 is 9.59 Å². The Morgan fingerprint density at radius 3 is 2.42 bits per heavy atom. The molecule has 1 aliphatic rings. The number of amides is 2. The van der Waals surface area contributed by atoms with Crippen LogP contribution in [0.15, 0.2) is 59.5 Å². The van der Waals surface area contributed by atoms with E-state index in [4.69, 9.17) is 12.2 Å². The summed E-state index contributed by atoms with van der Waals surface area (Å²) in [6, 6.07) is 16.6. The lowest BCUT2D eigenvalue weighted by Gasteiger charge is -2.13. The van der Waals surface area contributed by atoms with Gasteiger partial charge in [0.25, 0.3) is 5.91 Å². The first-order chi connectivity index (χ1) is 11.5. The highest BCUT2D eigenvalue weighted by Crippen LogP contribution is 2.35. The van der Waals surface area contributed by atoms with Crippen molar-refractivity contribution in [2.24, 2.45) is 0 Å². The van der Waals surface area contributed by atoms with E-state index >= 15 is 0 Å². The molecule has 24 heavy (non-hydrogen) atoms. The Kier molecular flexibility index (Phi) is 4.78. The van der Waals surface area contributed by atoms with Gasteiger partial charge in [0.2, 0.25) is 5.91 Å². The normalized spacial score (nSPS) is 15.9. The molecule has 0 bridgehead atoms. The van der Waals surface area contributed by atoms with Gasteiger partial charge in [-0.25, -0.2) is 0 Å². The Labute approximate surface area is 149 Å². The lowest BCUT2D eigenvalue weighted by Crippen LogP contribution is -2.27. The van der Waals surface area contributed by atoms with Crippen molar-refractivity contribution in [3.63, 3.8) is 0 Å². The molecule has 0 spiro atoms. The lowest BCUT2D eigenvalue weighted by molar-refractivity contribution is -0.114. The molecule has 0 aromatic heterocycles. The van der Waals surface area contributed by atoms with E-state index < -0.39 is 0 Å². The third-order valence-corrected chi connectivity index (χ3v) is 4.64. The third-order valence-electron chi connectivity index (χ3n) is 3.34. The van der Waals surface area contributed by atoms with Crippen molar-refractivity contribution in [1.29, 1.82) is 0 Å². The summed E-state index contributed by atoms with van der Waals surface area (Å²) in [6.07, 6.45) is 1.81. The van der Waals surface area contributed by atoms with Gasteiger partial charge in [-0.3, -0.25) is 14.5 Å². The number of hydrogen-bond donors (Lipinski definition) is 1. The highest BCUT2D eigenvalue weighted by Gasteiger charge is 2.33. The van der Waals surface area contributed by atoms with E-state index in [9.17, 15) is 9.59 Å². The Bertz CT molecular complexity index is 830. The second kappa shape index (κ2) is 6.98. The van der Waals surface area contributed by atoms with Crippen LogP contribution in [0.5, 0.6) is 0 Å². The summed E-state index contributed by atoms with van der Waals surface area (Å²) < 4.78 is 0.521. The summed E-state index contributed by atoms with van der Waals surface area (Å²) in [5.74, 6) is -0.242. The monoisotopic (exact) mass is 354 g/mol. The molecule has 0 saturated carbocycles. The Morgan fingerprint density at radius 2 is 1.79 bits per heavy atom. The largest absolute Gasteiger partial charge is 0.326 e. The van der Waals surface area contributed by atoms with Gasteiger partial charge in [-0.2, -0.15) is 0 Å². The minimum Gasteiger partial charge on any atom is -0.326 e. The van der Waals surface area contributed by atoms with E-state index in [-0.39, 0.29) is 11.8 Å². The van der Waals surface area contributed by atoms with Gasteiger partial charge in [-0.05, 0) is 35.9 Å². The van der Waals surface area contributed by atoms with Crippen LogP contribution < -0.4 is 10.2 Å². The van der Waals surface area contributed by atoms with E-state index in [0.29, 0.717) is 9.23 Å². The summed E-state index contributed by atoms with van der Waals surface area (Å²) >= 11 is 6.63. The molecular formula is C18H14N2O2S2. The van der Waals surface area contributed by atoms with Crippen LogP contribution in [-0.4, -0.2) is 16.1 Å². The molecule has 4 nitrogen and oxygen atoms in total. The van der Waals surface area contributed by atoms with Crippen molar-refractivity contribution in [2.45, 2.75) is 6.92 Å². The number of hydrogen-bond acceptors (Lipinski definition) is 4. The number of anilines is 2. The van der Waals surface area contributed by atoms with Crippen LogP contribution in [0.4, 0.5) is 11.4 Å². The number of rotatable bonds is 3. The van der Waals surface area contributed by atoms with Crippen LogP contribution in [-0.2, 0) is 9.59 Å². The molecule has 1 fully saturated rings. The molecule has 120 valence electrons. The van der Waals surface area contributed by atoms with Gasteiger partial charge in [0.1, 0.15) is 0 Å². The maximum atomic E-state index is 12.6. The van der Waals surface area contributed by atoms with Crippen molar-refractivity contribution in [3.05, 3.63) is 65.1 Å². The molecular weight excluding hydrogens is 340 g/mol. The Balaban J connectivity index is 1.82. The Morgan fingerprint density at radius 1 is 1.12 bits per heavy atom. The topological polar surface area (TPSA) is 49.4 Å². The van der Waals surface area contributed by atoms with E-state index in [1.165, 1.54) is 23.6 Å². The van der Waals surface area contributed by atoms with Gasteiger partial charge in [-0.15, -0.1) is 0 Å². The third kappa shape index (κ3) is 3.55. The number of thiocarbonyl (C=S) groups is 1. The van der Waals surface area contributed by atoms with E-state index in [1.54, 1.807) is 18.2 Å². The van der Waals surface area contributed by atoms with Crippen LogP contribution in [0.1, 0.15) is 12.5 Å². The standard InChI is InChI=1S/C18H14N2O2S2/c1-12(21)19-14-9-7-13(8-10-14)11-16-17(22)20(18(23)24-16)15-5-3-2-4-6-15/h2-11H,1H3,(H,19,21). The van der Waals surface area contributed by atoms with Crippen molar-refractivity contribution in [2.75, 3.05) is 10.2 Å². The van der Waals surface area contributed by atoms with Crippen LogP contribution in [0.3, 0.4) is 0 Å². The molecule has 0 aliphatic carbocycles. The summed E-state index contributed by atoms with van der Waals surface area (Å²) in [5, 5.41) is 2.71. The van der Waals surface area contributed by atoms with Crippen molar-refractivity contribution in [1.82, 2.24) is 0 Å². The molecule has 6 heteroatoms. The number of thioether (sulfide) groups is 1. The van der Waals surface area contributed by atoms with Crippen molar-refractivity contribution >= 4 is 57.6 Å². The minimum atomic E-state index is -0.123. The van der Waals surface area contributed by atoms with E-state index in [1.807, 2.05) is 42.5 Å². The highest BCUT2D eigenvalue weighted by molar-refractivity contribution is 8.27. The molecule has 0 unspecified atom stereocenters. The molecule has 1 N–H and O–H groups in total. The predicted octanol–water partition coefficient (Wildman–Crippen LogP) is 4.05. The molecule has 1 heterocycles. The molecule has 0 radical (unpaired) electrons. The summed E-state index contributed by atoms with van der Waals surface area (Å²) in [6.45, 7) is 1.46. The molecule has 2 amide bonds. The number of carbonyl (C=O) groups is 2. The fourth-order valence-corrected chi connectivity index (χ4v) is 3.58. The zero-order valence-corrected chi connectivity index (χ0v) is 14.5. The smallest absolute Gasteiger partial charge is 0.270 e. The quantitative estimate of drug-likeness (QED) is 0.667. The number of para-hydroxylation sites is 1. The predicted molar refractivity (Wildman–Crippen MR) is 103 cm³/mol. The van der Waals surface area contributed by atoms with Gasteiger partial charge in [0, 0.05) is 12.6 Å². The van der Waals surface area contributed by atoms with Crippen LogP contribution in [0.2, 0.25) is 0 Å². The Hall–Kier alpha value is -2.44. The number of benzene rings is 2. The number of nitrogens with zero attached hydrogens (tertiary/aromatic N) is 1. The number of carbonyl (C=O) groups excluding carboxylic acids is 2. The first kappa shape index (κ1) is 16.4. The first-order valence-electron chi connectivity index (χ1n) is 7.25. The van der Waals surface area contributed by atoms with Gasteiger partial charge >= 0.3 is 0 Å². The molecule has 1 aliphatic heterocycles. The minimum absolute atomic E-state index is 0.119. The van der Waals surface area contributed by atoms with E-state index in [0.717, 1.165) is 16.9 Å². The SMILES string of the molecule is CC(=O)Nc1ccc(C=C2SC(=S)N(c3ccccc3)C2=O)cc1. The van der Waals surface area contributed by atoms with Crippen LogP contribution in [0.25, 0.3) is 6.08 Å². The average molecular weight is 354 g/mol. The molecule has 2 aromatic rings. The molecule has 1 saturated heterocycles. The fourth-order valence-electron chi connectivity index (χ4n) is 2.28. The lowest BCUT2D eigenvalue weighted by atomic mass is 10.2. The number of nitrogens with one attached hydrogen (secondary N) is 1. The van der Waals surface area contributed by atoms with Gasteiger partial charge in [0.15, 0.2) is 4.32 Å². The zero-order chi connectivity index (χ0) is 17.1. The summed E-state index contributed by atoms with van der Waals surface area (Å²) in [5.41, 5.74) is 2.36. The maximum absolute atomic E-state index is 12.6. The fraction of sp³-hybridized carbons (Fsp3) is 0.0556.